The SMILES string of the molecule is CC/C=C\C/C=C/C/C=C/C/C=C/C/C=C/C/C=C/CCC(=O)O[C@H](COCCCCCCCCCCCCCCCC)COP(=O)(O)OCC[N+](C)(C)C. The molecule has 0 aliphatic heterocycles. The molecule has 0 rings (SSSR count). The predicted octanol–water partition coefficient (Wildman–Crippen LogP) is 12.7. The highest BCUT2D eigenvalue weighted by atomic mass is 31.2. The minimum Gasteiger partial charge on any atom is -0.457 e. The highest BCUT2D eigenvalue weighted by molar-refractivity contribution is 7.47. The van der Waals surface area contributed by atoms with Gasteiger partial charge in [-0.05, 0) is 51.4 Å². The second-order valence-electron chi connectivity index (χ2n) is 15.3. The van der Waals surface area contributed by atoms with Gasteiger partial charge in [0.15, 0.2) is 0 Å². The van der Waals surface area contributed by atoms with Crippen molar-refractivity contribution in [3.63, 3.8) is 0 Å². The van der Waals surface area contributed by atoms with Crippen molar-refractivity contribution < 1.29 is 37.3 Å². The molecule has 2 atom stereocenters. The summed E-state index contributed by atoms with van der Waals surface area (Å²) >= 11 is 0. The van der Waals surface area contributed by atoms with E-state index in [-0.39, 0.29) is 26.2 Å². The third kappa shape index (κ3) is 42.9. The molecule has 0 aromatic heterocycles. The van der Waals surface area contributed by atoms with E-state index < -0.39 is 19.9 Å². The molecule has 0 aromatic carbocycles. The first kappa shape index (κ1) is 52.9. The molecule has 9 heteroatoms. The first-order valence-electron chi connectivity index (χ1n) is 21.7. The number of quaternary nitrogens is 1. The van der Waals surface area contributed by atoms with E-state index in [9.17, 15) is 14.3 Å². The molecule has 0 saturated heterocycles. The molecular weight excluding hydrogens is 709 g/mol. The topological polar surface area (TPSA) is 91.3 Å². The van der Waals surface area contributed by atoms with Gasteiger partial charge in [-0.25, -0.2) is 4.57 Å². The van der Waals surface area contributed by atoms with Crippen LogP contribution >= 0.6 is 7.82 Å². The first-order chi connectivity index (χ1) is 26.6. The lowest BCUT2D eigenvalue weighted by Gasteiger charge is -2.24. The van der Waals surface area contributed by atoms with Crippen molar-refractivity contribution in [1.82, 2.24) is 0 Å². The van der Waals surface area contributed by atoms with Crippen LogP contribution in [-0.4, -0.2) is 75.6 Å². The van der Waals surface area contributed by atoms with Gasteiger partial charge < -0.3 is 18.9 Å². The minimum atomic E-state index is -4.30. The number of phosphoric ester groups is 1. The number of likely N-dealkylation sites (N-methyl/N-ethyl adjacent to an activating group) is 1. The number of ether oxygens (including phenoxy) is 2. The van der Waals surface area contributed by atoms with Gasteiger partial charge in [-0.1, -0.05) is 170 Å². The van der Waals surface area contributed by atoms with E-state index in [4.69, 9.17) is 18.5 Å². The number of rotatable bonds is 39. The van der Waals surface area contributed by atoms with E-state index in [1.165, 1.54) is 77.0 Å². The van der Waals surface area contributed by atoms with E-state index >= 15 is 0 Å². The highest BCUT2D eigenvalue weighted by Gasteiger charge is 2.26. The van der Waals surface area contributed by atoms with Crippen LogP contribution in [0.15, 0.2) is 72.9 Å². The van der Waals surface area contributed by atoms with E-state index in [0.29, 0.717) is 24.1 Å². The average Bonchev–Trinajstić information content (AvgIpc) is 3.13. The Kier molecular flexibility index (Phi) is 37.3. The summed E-state index contributed by atoms with van der Waals surface area (Å²) in [4.78, 5) is 22.8. The molecule has 1 N–H and O–H groups in total. The number of nitrogens with zero attached hydrogens (tertiary/aromatic N) is 1. The molecule has 0 heterocycles. The normalized spacial score (nSPS) is 14.5. The Labute approximate surface area is 338 Å². The third-order valence-corrected chi connectivity index (χ3v) is 9.78. The number of hydrogen-bond donors (Lipinski definition) is 1. The van der Waals surface area contributed by atoms with Crippen LogP contribution in [0.4, 0.5) is 0 Å². The number of carbonyl (C=O) groups is 1. The molecule has 1 unspecified atom stereocenters. The largest absolute Gasteiger partial charge is 0.472 e. The molecule has 318 valence electrons. The van der Waals surface area contributed by atoms with Crippen molar-refractivity contribution in [3.05, 3.63) is 72.9 Å². The van der Waals surface area contributed by atoms with Crippen LogP contribution < -0.4 is 0 Å². The second kappa shape index (κ2) is 38.8. The summed E-state index contributed by atoms with van der Waals surface area (Å²) in [5.74, 6) is -0.396. The number of carbonyl (C=O) groups excluding carboxylic acids is 1. The Morgan fingerprint density at radius 3 is 1.47 bits per heavy atom. The van der Waals surface area contributed by atoms with Crippen LogP contribution in [0, 0.1) is 0 Å². The minimum absolute atomic E-state index is 0.0727. The summed E-state index contributed by atoms with van der Waals surface area (Å²) in [6, 6.07) is 0. The summed E-state index contributed by atoms with van der Waals surface area (Å²) in [6.07, 6.45) is 49.5. The average molecular weight is 793 g/mol. The van der Waals surface area contributed by atoms with E-state index in [1.54, 1.807) is 0 Å². The zero-order chi connectivity index (χ0) is 40.6. The molecule has 0 bridgehead atoms. The second-order valence-corrected chi connectivity index (χ2v) is 16.8. The van der Waals surface area contributed by atoms with Crippen molar-refractivity contribution >= 4 is 13.8 Å². The molecule has 0 spiro atoms. The molecule has 55 heavy (non-hydrogen) atoms. The summed E-state index contributed by atoms with van der Waals surface area (Å²) in [6.45, 7) is 5.40. The van der Waals surface area contributed by atoms with Gasteiger partial charge in [-0.3, -0.25) is 13.8 Å². The van der Waals surface area contributed by atoms with Gasteiger partial charge in [0.05, 0.1) is 34.4 Å². The van der Waals surface area contributed by atoms with E-state index in [0.717, 1.165) is 51.4 Å². The lowest BCUT2D eigenvalue weighted by atomic mass is 10.0. The molecule has 0 aromatic rings. The van der Waals surface area contributed by atoms with Crippen molar-refractivity contribution in [2.45, 2.75) is 161 Å². The van der Waals surface area contributed by atoms with Crippen LogP contribution in [0.2, 0.25) is 0 Å². The fourth-order valence-electron chi connectivity index (χ4n) is 5.46. The monoisotopic (exact) mass is 793 g/mol. The zero-order valence-corrected chi connectivity index (χ0v) is 36.8. The smallest absolute Gasteiger partial charge is 0.457 e. The van der Waals surface area contributed by atoms with Gasteiger partial charge >= 0.3 is 13.8 Å². The number of unbranched alkanes of at least 4 members (excludes halogenated alkanes) is 13. The highest BCUT2D eigenvalue weighted by Crippen LogP contribution is 2.43. The fraction of sp³-hybridized carbons (Fsp3) is 0.717. The molecule has 0 aliphatic carbocycles. The summed E-state index contributed by atoms with van der Waals surface area (Å²) in [7, 11) is 1.61. The Balaban J connectivity index is 4.39. The lowest BCUT2D eigenvalue weighted by Crippen LogP contribution is -2.37. The first-order valence-corrected chi connectivity index (χ1v) is 23.2. The Bertz CT molecular complexity index is 1110. The van der Waals surface area contributed by atoms with Crippen LogP contribution in [-0.2, 0) is 27.9 Å². The van der Waals surface area contributed by atoms with Crippen molar-refractivity contribution in [2.75, 3.05) is 54.1 Å². The van der Waals surface area contributed by atoms with Crippen molar-refractivity contribution in [2.24, 2.45) is 0 Å². The van der Waals surface area contributed by atoms with Gasteiger partial charge in [-0.15, -0.1) is 0 Å². The zero-order valence-electron chi connectivity index (χ0n) is 35.9. The molecule has 0 radical (unpaired) electrons. The maximum Gasteiger partial charge on any atom is 0.472 e. The summed E-state index contributed by atoms with van der Waals surface area (Å²) in [5, 5.41) is 0. The quantitative estimate of drug-likeness (QED) is 0.0218. The maximum absolute atomic E-state index is 12.7. The molecule has 0 saturated carbocycles. The molecule has 0 amide bonds. The Hall–Kier alpha value is -2.06. The van der Waals surface area contributed by atoms with Crippen LogP contribution in [0.1, 0.15) is 155 Å². The number of esters is 1. The number of allylic oxidation sites excluding steroid dienone is 12. The van der Waals surface area contributed by atoms with Crippen molar-refractivity contribution in [3.8, 4) is 0 Å². The maximum atomic E-state index is 12.7. The van der Waals surface area contributed by atoms with Gasteiger partial charge in [0, 0.05) is 13.0 Å². The Morgan fingerprint density at radius 1 is 0.582 bits per heavy atom. The number of hydrogen-bond acceptors (Lipinski definition) is 6. The van der Waals surface area contributed by atoms with Gasteiger partial charge in [0.2, 0.25) is 0 Å². The van der Waals surface area contributed by atoms with E-state index in [1.807, 2.05) is 33.3 Å². The van der Waals surface area contributed by atoms with Gasteiger partial charge in [-0.2, -0.15) is 0 Å². The number of phosphoric acid groups is 1. The van der Waals surface area contributed by atoms with Crippen LogP contribution in [0.25, 0.3) is 0 Å². The van der Waals surface area contributed by atoms with Gasteiger partial charge in [0.1, 0.15) is 19.3 Å². The molecule has 0 fully saturated rings. The van der Waals surface area contributed by atoms with Crippen LogP contribution in [0.3, 0.4) is 0 Å². The standard InChI is InChI=1S/C46H82NO7P/c1-6-8-10-12-14-16-18-20-22-23-24-25-26-27-29-31-33-35-37-39-46(48)54-45(44-53-55(49,50)52-42-40-47(3,4)5)43-51-41-38-36-34-32-30-28-21-19-17-15-13-11-9-7-2/h8,10,14,16,20,22,24-25,27,29,33,35,45H,6-7,9,11-13,15,17-19,21,23,26,28,30-32,34,36-44H2,1-5H3/p+1/b10-8-,16-14+,22-20+,25-24+,29-27+,35-33+/t45-/m1/s1. The molecular formula is C46H83NO7P+. The van der Waals surface area contributed by atoms with Gasteiger partial charge in [0.25, 0.3) is 0 Å². The molecule has 8 nitrogen and oxygen atoms in total. The third-order valence-electron chi connectivity index (χ3n) is 8.80. The molecule has 0 aliphatic rings. The van der Waals surface area contributed by atoms with Crippen molar-refractivity contribution in [1.29, 1.82) is 0 Å². The summed E-state index contributed by atoms with van der Waals surface area (Å²) in [5.41, 5.74) is 0. The summed E-state index contributed by atoms with van der Waals surface area (Å²) < 4.78 is 34.9. The fourth-order valence-corrected chi connectivity index (χ4v) is 6.20. The van der Waals surface area contributed by atoms with E-state index in [2.05, 4.69) is 74.6 Å². The van der Waals surface area contributed by atoms with Crippen LogP contribution in [0.5, 0.6) is 0 Å². The lowest BCUT2D eigenvalue weighted by molar-refractivity contribution is -0.870. The Morgan fingerprint density at radius 2 is 1.02 bits per heavy atom. The predicted molar refractivity (Wildman–Crippen MR) is 233 cm³/mol.